The minimum atomic E-state index is -0.247. The molecule has 0 aliphatic heterocycles. The number of rotatable bonds is 2. The Morgan fingerprint density at radius 1 is 0.947 bits per heavy atom. The van der Waals surface area contributed by atoms with E-state index >= 15 is 0 Å². The van der Waals surface area contributed by atoms with Crippen LogP contribution in [0, 0.1) is 13.8 Å². The molecular weight excluding hydrogens is 304 g/mol. The fourth-order valence-electron chi connectivity index (χ4n) is 1.82. The Morgan fingerprint density at radius 3 is 2.32 bits per heavy atom. The zero-order valence-corrected chi connectivity index (χ0v) is 12.4. The van der Waals surface area contributed by atoms with E-state index in [1.807, 2.05) is 56.3 Å². The van der Waals surface area contributed by atoms with Crippen molar-refractivity contribution >= 4 is 33.3 Å². The number of benzene rings is 2. The smallest absolute Gasteiger partial charge is 0.308 e. The monoisotopic (exact) mass is 318 g/mol. The number of aryl methyl sites for hydroxylation is 2. The van der Waals surface area contributed by atoms with Crippen LogP contribution in [0.5, 0.6) is 0 Å². The van der Waals surface area contributed by atoms with Crippen LogP contribution >= 0.6 is 15.9 Å². The van der Waals surface area contributed by atoms with Crippen molar-refractivity contribution < 1.29 is 4.79 Å². The average molecular weight is 319 g/mol. The third-order valence-electron chi connectivity index (χ3n) is 2.58. The van der Waals surface area contributed by atoms with E-state index in [1.54, 1.807) is 0 Å². The number of nitrogens with one attached hydrogen (secondary N) is 2. The summed E-state index contributed by atoms with van der Waals surface area (Å²) < 4.78 is 0.943. The lowest BCUT2D eigenvalue weighted by Crippen LogP contribution is -2.19. The van der Waals surface area contributed by atoms with Gasteiger partial charge in [0.2, 0.25) is 0 Å². The summed E-state index contributed by atoms with van der Waals surface area (Å²) in [6.07, 6.45) is 0. The molecule has 0 aromatic heterocycles. The lowest BCUT2D eigenvalue weighted by molar-refractivity contribution is 0.262. The van der Waals surface area contributed by atoms with Crippen molar-refractivity contribution in [1.82, 2.24) is 0 Å². The van der Waals surface area contributed by atoms with Crippen molar-refractivity contribution in [2.75, 3.05) is 10.6 Å². The Kier molecular flexibility index (Phi) is 4.22. The van der Waals surface area contributed by atoms with Gasteiger partial charge in [-0.15, -0.1) is 0 Å². The molecule has 19 heavy (non-hydrogen) atoms. The Labute approximate surface area is 121 Å². The van der Waals surface area contributed by atoms with Crippen molar-refractivity contribution in [3.63, 3.8) is 0 Å². The zero-order valence-electron chi connectivity index (χ0n) is 10.8. The lowest BCUT2D eigenvalue weighted by Gasteiger charge is -2.09. The highest BCUT2D eigenvalue weighted by Gasteiger charge is 2.04. The molecule has 0 radical (unpaired) electrons. The first kappa shape index (κ1) is 13.6. The number of hydrogen-bond acceptors (Lipinski definition) is 1. The number of anilines is 2. The van der Waals surface area contributed by atoms with Gasteiger partial charge >= 0.3 is 6.03 Å². The van der Waals surface area contributed by atoms with Crippen molar-refractivity contribution in [1.29, 1.82) is 0 Å². The van der Waals surface area contributed by atoms with Gasteiger partial charge in [0.1, 0.15) is 0 Å². The Balaban J connectivity index is 2.05. The Hall–Kier alpha value is -1.81. The molecule has 2 N–H and O–H groups in total. The molecule has 0 aliphatic rings. The Morgan fingerprint density at radius 2 is 1.63 bits per heavy atom. The molecule has 0 atom stereocenters. The second kappa shape index (κ2) is 5.89. The molecule has 3 nitrogen and oxygen atoms in total. The summed E-state index contributed by atoms with van der Waals surface area (Å²) in [6.45, 7) is 3.97. The Bertz CT molecular complexity index is 591. The molecule has 0 bridgehead atoms. The zero-order chi connectivity index (χ0) is 13.8. The van der Waals surface area contributed by atoms with Gasteiger partial charge in [0.15, 0.2) is 0 Å². The van der Waals surface area contributed by atoms with Gasteiger partial charge in [-0.25, -0.2) is 4.79 Å². The van der Waals surface area contributed by atoms with Crippen molar-refractivity contribution in [3.8, 4) is 0 Å². The maximum Gasteiger partial charge on any atom is 0.323 e. The molecule has 0 saturated heterocycles. The van der Waals surface area contributed by atoms with Crippen molar-refractivity contribution in [2.45, 2.75) is 13.8 Å². The summed E-state index contributed by atoms with van der Waals surface area (Å²) in [6, 6.07) is 13.2. The first-order chi connectivity index (χ1) is 9.02. The van der Waals surface area contributed by atoms with Gasteiger partial charge in [-0.3, -0.25) is 0 Å². The second-order valence-electron chi connectivity index (χ2n) is 4.47. The van der Waals surface area contributed by atoms with E-state index in [4.69, 9.17) is 0 Å². The lowest BCUT2D eigenvalue weighted by atomic mass is 10.2. The van der Waals surface area contributed by atoms with Crippen LogP contribution in [0.1, 0.15) is 11.1 Å². The van der Waals surface area contributed by atoms with Crippen molar-refractivity contribution in [2.24, 2.45) is 0 Å². The number of amides is 2. The van der Waals surface area contributed by atoms with Gasteiger partial charge in [-0.2, -0.15) is 0 Å². The molecule has 0 saturated carbocycles. The minimum absolute atomic E-state index is 0.247. The molecule has 2 aromatic carbocycles. The van der Waals surface area contributed by atoms with E-state index in [9.17, 15) is 4.79 Å². The highest BCUT2D eigenvalue weighted by molar-refractivity contribution is 9.10. The summed E-state index contributed by atoms with van der Waals surface area (Å²) in [5, 5.41) is 5.62. The molecule has 2 amide bonds. The third-order valence-corrected chi connectivity index (χ3v) is 3.03. The van der Waals surface area contributed by atoms with E-state index in [0.717, 1.165) is 27.0 Å². The van der Waals surface area contributed by atoms with E-state index in [-0.39, 0.29) is 6.03 Å². The summed E-state index contributed by atoms with van der Waals surface area (Å²) >= 11 is 3.41. The first-order valence-electron chi connectivity index (χ1n) is 5.95. The topological polar surface area (TPSA) is 41.1 Å². The molecule has 0 heterocycles. The third kappa shape index (κ3) is 4.10. The molecule has 4 heteroatoms. The predicted molar refractivity (Wildman–Crippen MR) is 82.7 cm³/mol. The SMILES string of the molecule is Cc1cccc(NC(=O)Nc2cc(C)cc(Br)c2)c1. The van der Waals surface area contributed by atoms with Crippen LogP contribution in [0.2, 0.25) is 0 Å². The maximum atomic E-state index is 11.9. The van der Waals surface area contributed by atoms with E-state index in [1.165, 1.54) is 0 Å². The predicted octanol–water partition coefficient (Wildman–Crippen LogP) is 4.71. The van der Waals surface area contributed by atoms with Crippen LogP contribution in [-0.2, 0) is 0 Å². The highest BCUT2D eigenvalue weighted by Crippen LogP contribution is 2.19. The van der Waals surface area contributed by atoms with Gasteiger partial charge in [0.25, 0.3) is 0 Å². The van der Waals surface area contributed by atoms with Gasteiger partial charge in [-0.1, -0.05) is 28.1 Å². The molecule has 2 rings (SSSR count). The quantitative estimate of drug-likeness (QED) is 0.827. The molecule has 2 aromatic rings. The highest BCUT2D eigenvalue weighted by atomic mass is 79.9. The molecular formula is C15H15BrN2O. The number of carbonyl (C=O) groups excluding carboxylic acids is 1. The van der Waals surface area contributed by atoms with Crippen molar-refractivity contribution in [3.05, 3.63) is 58.1 Å². The first-order valence-corrected chi connectivity index (χ1v) is 6.74. The fourth-order valence-corrected chi connectivity index (χ4v) is 2.43. The molecule has 0 aliphatic carbocycles. The molecule has 0 unspecified atom stereocenters. The summed E-state index contributed by atoms with van der Waals surface area (Å²) in [4.78, 5) is 11.9. The minimum Gasteiger partial charge on any atom is -0.308 e. The van der Waals surface area contributed by atoms with Gasteiger partial charge in [0.05, 0.1) is 0 Å². The summed E-state index contributed by atoms with van der Waals surface area (Å²) in [5.41, 5.74) is 3.73. The number of hydrogen-bond donors (Lipinski definition) is 2. The fraction of sp³-hybridized carbons (Fsp3) is 0.133. The van der Waals surface area contributed by atoms with Crippen LogP contribution in [-0.4, -0.2) is 6.03 Å². The normalized spacial score (nSPS) is 10.1. The molecule has 0 spiro atoms. The maximum absolute atomic E-state index is 11.9. The van der Waals surface area contributed by atoms with Crippen LogP contribution in [0.25, 0.3) is 0 Å². The van der Waals surface area contributed by atoms with E-state index in [0.29, 0.717) is 0 Å². The largest absolute Gasteiger partial charge is 0.323 e. The molecule has 0 fully saturated rings. The molecule has 98 valence electrons. The van der Waals surface area contributed by atoms with E-state index in [2.05, 4.69) is 26.6 Å². The van der Waals surface area contributed by atoms with Gasteiger partial charge < -0.3 is 10.6 Å². The number of urea groups is 1. The van der Waals surface area contributed by atoms with Gasteiger partial charge in [-0.05, 0) is 55.3 Å². The second-order valence-corrected chi connectivity index (χ2v) is 5.38. The summed E-state index contributed by atoms with van der Waals surface area (Å²) in [5.74, 6) is 0. The van der Waals surface area contributed by atoms with Crippen LogP contribution < -0.4 is 10.6 Å². The standard InChI is InChI=1S/C15H15BrN2O/c1-10-4-3-5-13(7-10)17-15(19)18-14-8-11(2)6-12(16)9-14/h3-9H,1-2H3,(H2,17,18,19). The van der Waals surface area contributed by atoms with Crippen LogP contribution in [0.3, 0.4) is 0 Å². The number of halogens is 1. The van der Waals surface area contributed by atoms with Crippen LogP contribution in [0.4, 0.5) is 16.2 Å². The van der Waals surface area contributed by atoms with Crippen LogP contribution in [0.15, 0.2) is 46.9 Å². The van der Waals surface area contributed by atoms with Gasteiger partial charge in [0, 0.05) is 15.8 Å². The average Bonchev–Trinajstić information content (AvgIpc) is 2.26. The van der Waals surface area contributed by atoms with E-state index < -0.39 is 0 Å². The summed E-state index contributed by atoms with van der Waals surface area (Å²) in [7, 11) is 0. The number of carbonyl (C=O) groups is 1.